The van der Waals surface area contributed by atoms with Gasteiger partial charge in [-0.3, -0.25) is 9.48 Å². The molecular weight excluding hydrogens is 374 g/mol. The van der Waals surface area contributed by atoms with E-state index < -0.39 is 0 Å². The minimum Gasteiger partial charge on any atom is -0.370 e. The highest BCUT2D eigenvalue weighted by Gasteiger charge is 2.25. The molecule has 1 aliphatic rings. The van der Waals surface area contributed by atoms with Crippen LogP contribution < -0.4 is 5.32 Å². The Morgan fingerprint density at radius 3 is 2.71 bits per heavy atom. The Morgan fingerprint density at radius 2 is 1.93 bits per heavy atom. The minimum atomic E-state index is -0.213. The molecule has 0 aliphatic carbocycles. The molecule has 4 rings (SSSR count). The fraction of sp³-hybridized carbons (Fsp3) is 0.273. The molecule has 2 heterocycles. The third-order valence-electron chi connectivity index (χ3n) is 4.82. The van der Waals surface area contributed by atoms with E-state index in [1.54, 1.807) is 12.1 Å². The van der Waals surface area contributed by atoms with Crippen molar-refractivity contribution in [3.05, 3.63) is 88.2 Å². The number of rotatable bonds is 6. The van der Waals surface area contributed by atoms with E-state index in [9.17, 15) is 4.79 Å². The molecule has 0 bridgehead atoms. The molecule has 0 radical (unpaired) electrons. The zero-order valence-corrected chi connectivity index (χ0v) is 16.2. The first-order valence-electron chi connectivity index (χ1n) is 9.40. The van der Waals surface area contributed by atoms with Crippen LogP contribution in [-0.4, -0.2) is 28.8 Å². The summed E-state index contributed by atoms with van der Waals surface area (Å²) in [5.41, 5.74) is 4.25. The topological polar surface area (TPSA) is 56.1 Å². The molecule has 2 aromatic carbocycles. The summed E-state index contributed by atoms with van der Waals surface area (Å²) in [5, 5.41) is 8.36. The molecule has 28 heavy (non-hydrogen) atoms. The van der Waals surface area contributed by atoms with E-state index in [0.29, 0.717) is 24.6 Å². The Hall–Kier alpha value is -2.63. The van der Waals surface area contributed by atoms with Gasteiger partial charge in [-0.2, -0.15) is 5.10 Å². The van der Waals surface area contributed by atoms with E-state index in [0.717, 1.165) is 24.2 Å². The molecule has 0 saturated heterocycles. The van der Waals surface area contributed by atoms with Crippen molar-refractivity contribution in [3.63, 3.8) is 0 Å². The number of hydrogen-bond acceptors (Lipinski definition) is 3. The normalized spacial score (nSPS) is 15.8. The summed E-state index contributed by atoms with van der Waals surface area (Å²) < 4.78 is 7.83. The summed E-state index contributed by atoms with van der Waals surface area (Å²) in [6, 6.07) is 17.6. The van der Waals surface area contributed by atoms with Gasteiger partial charge >= 0.3 is 0 Å². The maximum atomic E-state index is 12.3. The second-order valence-electron chi connectivity index (χ2n) is 6.94. The zero-order valence-electron chi connectivity index (χ0n) is 15.5. The van der Waals surface area contributed by atoms with Gasteiger partial charge in [-0.05, 0) is 35.2 Å². The first-order valence-corrected chi connectivity index (χ1v) is 9.78. The summed E-state index contributed by atoms with van der Waals surface area (Å²) in [5.74, 6) is -0.0400. The van der Waals surface area contributed by atoms with Crippen molar-refractivity contribution >= 4 is 17.5 Å². The van der Waals surface area contributed by atoms with Crippen molar-refractivity contribution in [3.8, 4) is 0 Å². The summed E-state index contributed by atoms with van der Waals surface area (Å²) >= 11 is 5.89. The number of benzene rings is 2. The lowest BCUT2D eigenvalue weighted by Gasteiger charge is -2.22. The Balaban J connectivity index is 1.37. The average molecular weight is 396 g/mol. The van der Waals surface area contributed by atoms with Gasteiger partial charge in [0.2, 0.25) is 5.91 Å². The van der Waals surface area contributed by atoms with Crippen LogP contribution in [0.4, 0.5) is 0 Å². The predicted octanol–water partition coefficient (Wildman–Crippen LogP) is 3.56. The maximum absolute atomic E-state index is 12.3. The number of fused-ring (bicyclic) bond motifs is 1. The number of nitrogens with zero attached hydrogens (tertiary/aromatic N) is 2. The molecule has 0 unspecified atom stereocenters. The van der Waals surface area contributed by atoms with Crippen LogP contribution in [0.15, 0.2) is 60.8 Å². The molecule has 1 N–H and O–H groups in total. The fourth-order valence-corrected chi connectivity index (χ4v) is 3.52. The van der Waals surface area contributed by atoms with Crippen LogP contribution in [0.5, 0.6) is 0 Å². The number of hydrogen-bond donors (Lipinski definition) is 1. The van der Waals surface area contributed by atoms with Gasteiger partial charge in [-0.15, -0.1) is 0 Å². The molecule has 144 valence electrons. The third kappa shape index (κ3) is 4.61. The Morgan fingerprint density at radius 1 is 1.14 bits per heavy atom. The van der Waals surface area contributed by atoms with Crippen LogP contribution in [-0.2, 0) is 28.9 Å². The molecule has 1 amide bonds. The second kappa shape index (κ2) is 8.59. The monoisotopic (exact) mass is 395 g/mol. The van der Waals surface area contributed by atoms with E-state index in [-0.39, 0.29) is 12.0 Å². The smallest absolute Gasteiger partial charge is 0.224 e. The number of aromatic nitrogens is 2. The third-order valence-corrected chi connectivity index (χ3v) is 5.07. The molecule has 1 aromatic heterocycles. The standard InChI is InChI=1S/C22H22ClN3O2/c23-19-8-6-16(7-9-19)12-21(27)24-13-20-22-18(10-11-28-20)15-26(25-22)14-17-4-2-1-3-5-17/h1-9,15,20H,10-14H2,(H,24,27)/t20-/m0/s1. The van der Waals surface area contributed by atoms with E-state index >= 15 is 0 Å². The molecule has 0 fully saturated rings. The van der Waals surface area contributed by atoms with Crippen molar-refractivity contribution in [1.29, 1.82) is 0 Å². The lowest BCUT2D eigenvalue weighted by Crippen LogP contribution is -2.32. The molecule has 0 saturated carbocycles. The molecular formula is C22H22ClN3O2. The Labute approximate surface area is 169 Å². The number of nitrogens with one attached hydrogen (secondary N) is 1. The summed E-state index contributed by atoms with van der Waals surface area (Å²) in [6.45, 7) is 1.78. The minimum absolute atomic E-state index is 0.0400. The SMILES string of the molecule is O=C(Cc1ccc(Cl)cc1)NC[C@@H]1OCCc2cn(Cc3ccccc3)nc21. The number of amides is 1. The highest BCUT2D eigenvalue weighted by Crippen LogP contribution is 2.25. The second-order valence-corrected chi connectivity index (χ2v) is 7.38. The van der Waals surface area contributed by atoms with Crippen LogP contribution in [0, 0.1) is 0 Å². The predicted molar refractivity (Wildman–Crippen MR) is 108 cm³/mol. The Bertz CT molecular complexity index is 938. The molecule has 3 aromatic rings. The van der Waals surface area contributed by atoms with Crippen molar-refractivity contribution in [2.45, 2.75) is 25.5 Å². The summed E-state index contributed by atoms with van der Waals surface area (Å²) in [6.07, 6.45) is 3.04. The van der Waals surface area contributed by atoms with Gasteiger partial charge in [-0.25, -0.2) is 0 Å². The first kappa shape index (κ1) is 18.7. The number of carbonyl (C=O) groups is 1. The quantitative estimate of drug-likeness (QED) is 0.694. The van der Waals surface area contributed by atoms with Crippen molar-refractivity contribution in [2.24, 2.45) is 0 Å². The highest BCUT2D eigenvalue weighted by molar-refractivity contribution is 6.30. The molecule has 1 atom stereocenters. The maximum Gasteiger partial charge on any atom is 0.224 e. The molecule has 5 nitrogen and oxygen atoms in total. The van der Waals surface area contributed by atoms with Crippen LogP contribution in [0.2, 0.25) is 5.02 Å². The van der Waals surface area contributed by atoms with Gasteiger partial charge in [0.1, 0.15) is 6.10 Å². The summed E-state index contributed by atoms with van der Waals surface area (Å²) in [7, 11) is 0. The summed E-state index contributed by atoms with van der Waals surface area (Å²) in [4.78, 5) is 12.3. The lowest BCUT2D eigenvalue weighted by molar-refractivity contribution is -0.121. The van der Waals surface area contributed by atoms with Gasteiger partial charge in [0.15, 0.2) is 0 Å². The van der Waals surface area contributed by atoms with E-state index in [2.05, 4.69) is 23.6 Å². The molecule has 6 heteroatoms. The van der Waals surface area contributed by atoms with Gasteiger partial charge in [-0.1, -0.05) is 54.1 Å². The van der Waals surface area contributed by atoms with Crippen LogP contribution in [0.1, 0.15) is 28.5 Å². The number of ether oxygens (including phenoxy) is 1. The van der Waals surface area contributed by atoms with Crippen LogP contribution in [0.25, 0.3) is 0 Å². The average Bonchev–Trinajstić information content (AvgIpc) is 3.12. The van der Waals surface area contributed by atoms with Gasteiger partial charge in [0.25, 0.3) is 0 Å². The highest BCUT2D eigenvalue weighted by atomic mass is 35.5. The van der Waals surface area contributed by atoms with E-state index in [1.807, 2.05) is 35.0 Å². The zero-order chi connectivity index (χ0) is 19.3. The van der Waals surface area contributed by atoms with Crippen LogP contribution >= 0.6 is 11.6 Å². The first-order chi connectivity index (χ1) is 13.7. The fourth-order valence-electron chi connectivity index (χ4n) is 3.40. The van der Waals surface area contributed by atoms with Crippen molar-refractivity contribution in [2.75, 3.05) is 13.2 Å². The number of halogens is 1. The van der Waals surface area contributed by atoms with E-state index in [4.69, 9.17) is 21.4 Å². The van der Waals surface area contributed by atoms with Crippen molar-refractivity contribution in [1.82, 2.24) is 15.1 Å². The lowest BCUT2D eigenvalue weighted by atomic mass is 10.1. The van der Waals surface area contributed by atoms with E-state index in [1.165, 1.54) is 11.1 Å². The van der Waals surface area contributed by atoms with Gasteiger partial charge in [0.05, 0.1) is 25.3 Å². The molecule has 1 aliphatic heterocycles. The Kier molecular flexibility index (Phi) is 5.74. The van der Waals surface area contributed by atoms with Gasteiger partial charge in [0, 0.05) is 17.8 Å². The number of carbonyl (C=O) groups excluding carboxylic acids is 1. The van der Waals surface area contributed by atoms with Crippen LogP contribution in [0.3, 0.4) is 0 Å². The largest absolute Gasteiger partial charge is 0.370 e. The van der Waals surface area contributed by atoms with Gasteiger partial charge < -0.3 is 10.1 Å². The molecule has 0 spiro atoms. The van der Waals surface area contributed by atoms with Crippen molar-refractivity contribution < 1.29 is 9.53 Å².